The Kier molecular flexibility index (Phi) is 10.8. The Morgan fingerprint density at radius 1 is 1.10 bits per heavy atom. The van der Waals surface area contributed by atoms with E-state index in [-0.39, 0.29) is 12.2 Å². The van der Waals surface area contributed by atoms with Crippen LogP contribution in [0.4, 0.5) is 20.3 Å². The van der Waals surface area contributed by atoms with Gasteiger partial charge in [-0.05, 0) is 25.2 Å². The Hall–Kier alpha value is -3.99. The first-order valence-electron chi connectivity index (χ1n) is 13.0. The molecule has 2 aromatic rings. The lowest BCUT2D eigenvalue weighted by atomic mass is 10.1. The Morgan fingerprint density at radius 2 is 1.87 bits per heavy atom. The number of rotatable bonds is 14. The van der Waals surface area contributed by atoms with Gasteiger partial charge in [0.15, 0.2) is 0 Å². The molecule has 0 radical (unpaired) electrons. The molecule has 1 aliphatic carbocycles. The lowest BCUT2D eigenvalue weighted by molar-refractivity contribution is -0.0978. The van der Waals surface area contributed by atoms with E-state index in [1.165, 1.54) is 12.5 Å². The second-order valence-corrected chi connectivity index (χ2v) is 8.88. The van der Waals surface area contributed by atoms with E-state index in [2.05, 4.69) is 49.6 Å². The maximum absolute atomic E-state index is 13.4. The van der Waals surface area contributed by atoms with Crippen molar-refractivity contribution in [1.82, 2.24) is 25.1 Å². The quantitative estimate of drug-likeness (QED) is 0.256. The van der Waals surface area contributed by atoms with E-state index in [0.29, 0.717) is 17.2 Å². The van der Waals surface area contributed by atoms with Gasteiger partial charge in [0.2, 0.25) is 0 Å². The molecule has 210 valence electrons. The van der Waals surface area contributed by atoms with Gasteiger partial charge in [-0.15, -0.1) is 0 Å². The van der Waals surface area contributed by atoms with Gasteiger partial charge in [-0.1, -0.05) is 32.1 Å². The lowest BCUT2D eigenvalue weighted by Gasteiger charge is -2.27. The molecule has 0 fully saturated rings. The Morgan fingerprint density at radius 3 is 2.51 bits per heavy atom. The third kappa shape index (κ3) is 7.76. The molecule has 39 heavy (non-hydrogen) atoms. The van der Waals surface area contributed by atoms with E-state index < -0.39 is 6.61 Å². The Labute approximate surface area is 229 Å². The Bertz CT molecular complexity index is 1220. The predicted molar refractivity (Wildman–Crippen MR) is 153 cm³/mol. The summed E-state index contributed by atoms with van der Waals surface area (Å²) in [6, 6.07) is 7.34. The first-order chi connectivity index (χ1) is 18.8. The van der Waals surface area contributed by atoms with Gasteiger partial charge in [0.25, 0.3) is 0 Å². The van der Waals surface area contributed by atoms with Crippen LogP contribution in [0.2, 0.25) is 0 Å². The van der Waals surface area contributed by atoms with Crippen molar-refractivity contribution < 1.29 is 13.5 Å². The molecule has 0 atom stereocenters. The van der Waals surface area contributed by atoms with E-state index >= 15 is 0 Å². The van der Waals surface area contributed by atoms with Gasteiger partial charge in [0.1, 0.15) is 17.9 Å². The number of likely N-dealkylation sites (N-methyl/N-ethyl adjacent to an activating group) is 3. The summed E-state index contributed by atoms with van der Waals surface area (Å²) in [5.41, 5.74) is 5.04. The minimum absolute atomic E-state index is 0.109. The minimum atomic E-state index is -2.97. The summed E-state index contributed by atoms with van der Waals surface area (Å²) in [6.07, 6.45) is 6.53. The van der Waals surface area contributed by atoms with Crippen molar-refractivity contribution in [2.24, 2.45) is 0 Å². The molecule has 0 spiro atoms. The fraction of sp³-hybridized carbons (Fsp3) is 0.393. The maximum atomic E-state index is 13.4. The standard InChI is InChI=1S/C28H38F2N8O/c1-6-38(7-2)13-12-37(5)25-10-11-26(39-28(29)30)24(15-23(25)33-4)36-27-16-22(34-18-35-27)19-8-9-20(17-31)21(14-19)32-3/h8-10,14-18,28,31-33H,6-7,11-13H2,1-5H3,(H,34,35,36). The zero-order chi connectivity index (χ0) is 28.4. The number of hydrogen-bond donors (Lipinski definition) is 4. The van der Waals surface area contributed by atoms with E-state index in [0.717, 1.165) is 54.4 Å². The van der Waals surface area contributed by atoms with Gasteiger partial charge in [0.05, 0.1) is 22.8 Å². The number of anilines is 2. The topological polar surface area (TPSA) is 101 Å². The smallest absolute Gasteiger partial charge is 0.387 e. The van der Waals surface area contributed by atoms with Gasteiger partial charge in [-0.2, -0.15) is 8.78 Å². The van der Waals surface area contributed by atoms with Crippen LogP contribution in [-0.4, -0.2) is 79.9 Å². The maximum Gasteiger partial charge on any atom is 0.387 e. The summed E-state index contributed by atoms with van der Waals surface area (Å²) in [5, 5.41) is 17.0. The first kappa shape index (κ1) is 29.6. The third-order valence-electron chi connectivity index (χ3n) is 6.61. The number of allylic oxidation sites excluding steroid dienone is 2. The van der Waals surface area contributed by atoms with Crippen LogP contribution in [-0.2, 0) is 4.74 Å². The highest BCUT2D eigenvalue weighted by Crippen LogP contribution is 2.28. The van der Waals surface area contributed by atoms with Crippen LogP contribution in [0.3, 0.4) is 0 Å². The second kappa shape index (κ2) is 14.2. The van der Waals surface area contributed by atoms with Crippen LogP contribution >= 0.6 is 0 Å². The molecule has 0 saturated heterocycles. The van der Waals surface area contributed by atoms with Crippen LogP contribution in [0.1, 0.15) is 25.8 Å². The summed E-state index contributed by atoms with van der Waals surface area (Å²) in [6.45, 7) is 4.89. The van der Waals surface area contributed by atoms with Crippen LogP contribution in [0.25, 0.3) is 11.3 Å². The number of aromatic nitrogens is 2. The fourth-order valence-electron chi connectivity index (χ4n) is 4.33. The van der Waals surface area contributed by atoms with Crippen molar-refractivity contribution in [2.75, 3.05) is 58.0 Å². The molecule has 0 bridgehead atoms. The van der Waals surface area contributed by atoms with Crippen molar-refractivity contribution in [3.05, 3.63) is 71.2 Å². The highest BCUT2D eigenvalue weighted by Gasteiger charge is 2.20. The molecule has 0 saturated carbocycles. The van der Waals surface area contributed by atoms with Crippen molar-refractivity contribution in [2.45, 2.75) is 26.9 Å². The monoisotopic (exact) mass is 540 g/mol. The molecule has 9 nitrogen and oxygen atoms in total. The van der Waals surface area contributed by atoms with Crippen LogP contribution in [0, 0.1) is 5.41 Å². The number of benzene rings is 1. The SMILES string of the molecule is CCN(CC)CCN(C)C1=CCC(OC(F)F)=C(Nc2cc(-c3ccc(C=N)c(NC)c3)ncn2)C=C1NC. The molecule has 1 aromatic heterocycles. The molecule has 11 heteroatoms. The molecule has 1 aromatic carbocycles. The van der Waals surface area contributed by atoms with Crippen molar-refractivity contribution >= 4 is 17.7 Å². The normalized spacial score (nSPS) is 13.6. The number of hydrogen-bond acceptors (Lipinski definition) is 9. The minimum Gasteiger partial charge on any atom is -0.437 e. The number of nitrogens with one attached hydrogen (secondary N) is 4. The van der Waals surface area contributed by atoms with E-state index in [4.69, 9.17) is 10.1 Å². The van der Waals surface area contributed by atoms with E-state index in [9.17, 15) is 8.78 Å². The van der Waals surface area contributed by atoms with Gasteiger partial charge >= 0.3 is 6.61 Å². The fourth-order valence-corrected chi connectivity index (χ4v) is 4.33. The molecular formula is C28H38F2N8O. The van der Waals surface area contributed by atoms with Crippen LogP contribution < -0.4 is 16.0 Å². The van der Waals surface area contributed by atoms with Crippen molar-refractivity contribution in [3.63, 3.8) is 0 Å². The zero-order valence-corrected chi connectivity index (χ0v) is 23.2. The van der Waals surface area contributed by atoms with Gasteiger partial charge in [-0.3, -0.25) is 0 Å². The van der Waals surface area contributed by atoms with Crippen molar-refractivity contribution in [1.29, 1.82) is 5.41 Å². The molecule has 3 rings (SSSR count). The summed E-state index contributed by atoms with van der Waals surface area (Å²) >= 11 is 0. The predicted octanol–water partition coefficient (Wildman–Crippen LogP) is 4.71. The second-order valence-electron chi connectivity index (χ2n) is 8.88. The highest BCUT2D eigenvalue weighted by atomic mass is 19.3. The first-order valence-corrected chi connectivity index (χ1v) is 13.0. The largest absolute Gasteiger partial charge is 0.437 e. The number of alkyl halides is 2. The number of nitrogens with zero attached hydrogens (tertiary/aromatic N) is 4. The summed E-state index contributed by atoms with van der Waals surface area (Å²) < 4.78 is 31.7. The number of ether oxygens (including phenoxy) is 1. The van der Waals surface area contributed by atoms with Gasteiger partial charge in [0, 0.05) is 69.7 Å². The summed E-state index contributed by atoms with van der Waals surface area (Å²) in [5.74, 6) is 0.537. The highest BCUT2D eigenvalue weighted by molar-refractivity contribution is 5.87. The van der Waals surface area contributed by atoms with Crippen molar-refractivity contribution in [3.8, 4) is 11.3 Å². The van der Waals surface area contributed by atoms with Gasteiger partial charge in [-0.25, -0.2) is 9.97 Å². The molecule has 4 N–H and O–H groups in total. The summed E-state index contributed by atoms with van der Waals surface area (Å²) in [4.78, 5) is 13.1. The Balaban J connectivity index is 1.92. The van der Waals surface area contributed by atoms with E-state index in [1.54, 1.807) is 26.2 Å². The average Bonchev–Trinajstić information content (AvgIpc) is 3.11. The van der Waals surface area contributed by atoms with Gasteiger partial charge < -0.3 is 35.9 Å². The third-order valence-corrected chi connectivity index (χ3v) is 6.61. The molecular weight excluding hydrogens is 502 g/mol. The molecule has 1 heterocycles. The molecule has 0 unspecified atom stereocenters. The zero-order valence-electron chi connectivity index (χ0n) is 23.2. The molecule has 1 aliphatic rings. The number of halogens is 2. The van der Waals surface area contributed by atoms with E-state index in [1.807, 2.05) is 31.3 Å². The summed E-state index contributed by atoms with van der Waals surface area (Å²) in [7, 11) is 5.58. The van der Waals surface area contributed by atoms with Crippen LogP contribution in [0.15, 0.2) is 65.6 Å². The molecule has 0 amide bonds. The average molecular weight is 541 g/mol. The lowest BCUT2D eigenvalue weighted by Crippen LogP contribution is -2.34. The van der Waals surface area contributed by atoms with Crippen LogP contribution in [0.5, 0.6) is 0 Å². The molecule has 0 aliphatic heterocycles.